The number of nitro benzene ring substituents is 1. The Morgan fingerprint density at radius 1 is 1.11 bits per heavy atom. The Morgan fingerprint density at radius 2 is 1.75 bits per heavy atom. The molecular weight excluding hydrogens is 364 g/mol. The highest BCUT2D eigenvalue weighted by molar-refractivity contribution is 5.56. The van der Waals surface area contributed by atoms with E-state index in [0.717, 1.165) is 5.75 Å². The monoisotopic (exact) mass is 384 g/mol. The maximum Gasteiger partial charge on any atom is 0.269 e. The molecule has 0 bridgehead atoms. The number of nitrogens with zero attached hydrogens (tertiary/aromatic N) is 4. The molecule has 1 aromatic heterocycles. The van der Waals surface area contributed by atoms with Crippen molar-refractivity contribution < 1.29 is 19.5 Å². The number of non-ortho nitro benzene ring substituents is 1. The van der Waals surface area contributed by atoms with Crippen LogP contribution in [0.3, 0.4) is 0 Å². The van der Waals surface area contributed by atoms with Crippen molar-refractivity contribution in [1.29, 1.82) is 0 Å². The summed E-state index contributed by atoms with van der Waals surface area (Å²) in [6.07, 6.45) is 0.717. The van der Waals surface area contributed by atoms with Crippen molar-refractivity contribution in [2.75, 3.05) is 13.2 Å². The van der Waals surface area contributed by atoms with Gasteiger partial charge in [-0.3, -0.25) is 10.1 Å². The number of rotatable bonds is 9. The predicted octanol–water partition coefficient (Wildman–Crippen LogP) is 2.69. The lowest BCUT2D eigenvalue weighted by Gasteiger charge is -2.12. The lowest BCUT2D eigenvalue weighted by molar-refractivity contribution is -0.384. The molecule has 1 unspecified atom stereocenters. The third kappa shape index (κ3) is 5.04. The van der Waals surface area contributed by atoms with E-state index in [2.05, 4.69) is 10.1 Å². The summed E-state index contributed by atoms with van der Waals surface area (Å²) in [6, 6.07) is 13.1. The summed E-state index contributed by atoms with van der Waals surface area (Å²) in [7, 11) is 0. The average molecular weight is 384 g/mol. The van der Waals surface area contributed by atoms with Crippen LogP contribution in [0.4, 0.5) is 5.69 Å². The number of nitro groups is 1. The Kier molecular flexibility index (Phi) is 6.18. The van der Waals surface area contributed by atoms with Crippen molar-refractivity contribution in [3.63, 3.8) is 0 Å². The molecule has 1 atom stereocenters. The molecule has 146 valence electrons. The van der Waals surface area contributed by atoms with E-state index in [0.29, 0.717) is 23.7 Å². The molecule has 0 fully saturated rings. The summed E-state index contributed by atoms with van der Waals surface area (Å²) in [4.78, 5) is 14.4. The first-order chi connectivity index (χ1) is 13.5. The Hall–Kier alpha value is -3.46. The molecule has 0 spiro atoms. The first kappa shape index (κ1) is 19.3. The van der Waals surface area contributed by atoms with Crippen LogP contribution in [-0.4, -0.2) is 44.1 Å². The highest BCUT2D eigenvalue weighted by Gasteiger charge is 2.11. The van der Waals surface area contributed by atoms with Crippen LogP contribution in [-0.2, 0) is 6.54 Å². The molecule has 0 aliphatic rings. The third-order valence-corrected chi connectivity index (χ3v) is 3.85. The molecule has 1 N–H and O–H groups in total. The lowest BCUT2D eigenvalue weighted by Crippen LogP contribution is -2.23. The van der Waals surface area contributed by atoms with Gasteiger partial charge in [0, 0.05) is 17.7 Å². The van der Waals surface area contributed by atoms with Crippen molar-refractivity contribution >= 4 is 5.69 Å². The van der Waals surface area contributed by atoms with Crippen molar-refractivity contribution in [3.05, 3.63) is 65.0 Å². The molecule has 28 heavy (non-hydrogen) atoms. The average Bonchev–Trinajstić information content (AvgIpc) is 3.16. The van der Waals surface area contributed by atoms with Gasteiger partial charge in [-0.2, -0.15) is 5.10 Å². The van der Waals surface area contributed by atoms with Gasteiger partial charge in [-0.05, 0) is 43.3 Å². The van der Waals surface area contributed by atoms with Gasteiger partial charge in [0.1, 0.15) is 30.5 Å². The summed E-state index contributed by atoms with van der Waals surface area (Å²) in [5.41, 5.74) is 0.662. The predicted molar refractivity (Wildman–Crippen MR) is 101 cm³/mol. The molecule has 0 radical (unpaired) electrons. The fourth-order valence-electron chi connectivity index (χ4n) is 2.51. The zero-order valence-corrected chi connectivity index (χ0v) is 15.3. The Morgan fingerprint density at radius 3 is 2.36 bits per heavy atom. The highest BCUT2D eigenvalue weighted by atomic mass is 16.6. The van der Waals surface area contributed by atoms with Crippen LogP contribution >= 0.6 is 0 Å². The van der Waals surface area contributed by atoms with Gasteiger partial charge in [-0.25, -0.2) is 9.67 Å². The maximum absolute atomic E-state index is 10.7. The van der Waals surface area contributed by atoms with E-state index in [1.165, 1.54) is 23.1 Å². The SMILES string of the molecule is CCOc1ccc(OCC(O)Cn2cnc(-c3ccc([N+](=O)[O-])cc3)n2)cc1. The molecule has 0 saturated heterocycles. The Bertz CT molecular complexity index is 909. The van der Waals surface area contributed by atoms with Crippen molar-refractivity contribution in [1.82, 2.24) is 14.8 Å². The summed E-state index contributed by atoms with van der Waals surface area (Å²) in [5.74, 6) is 1.82. The zero-order valence-electron chi connectivity index (χ0n) is 15.3. The van der Waals surface area contributed by atoms with Crippen molar-refractivity contribution in [3.8, 4) is 22.9 Å². The molecule has 0 aliphatic heterocycles. The van der Waals surface area contributed by atoms with E-state index in [9.17, 15) is 15.2 Å². The van der Waals surface area contributed by atoms with Crippen molar-refractivity contribution in [2.45, 2.75) is 19.6 Å². The minimum atomic E-state index is -0.780. The van der Waals surface area contributed by atoms with Gasteiger partial charge in [0.2, 0.25) is 0 Å². The van der Waals surface area contributed by atoms with Gasteiger partial charge in [-0.1, -0.05) is 0 Å². The molecule has 0 saturated carbocycles. The first-order valence-electron chi connectivity index (χ1n) is 8.73. The largest absolute Gasteiger partial charge is 0.494 e. The molecule has 3 aromatic rings. The number of ether oxygens (including phenoxy) is 2. The quantitative estimate of drug-likeness (QED) is 0.446. The number of benzene rings is 2. The van der Waals surface area contributed by atoms with Gasteiger partial charge in [0.15, 0.2) is 5.82 Å². The van der Waals surface area contributed by atoms with Crippen LogP contribution in [0.1, 0.15) is 6.92 Å². The van der Waals surface area contributed by atoms with Crippen LogP contribution < -0.4 is 9.47 Å². The summed E-state index contributed by atoms with van der Waals surface area (Å²) in [5, 5.41) is 25.2. The maximum atomic E-state index is 10.7. The molecule has 0 aliphatic carbocycles. The fraction of sp³-hybridized carbons (Fsp3) is 0.263. The third-order valence-electron chi connectivity index (χ3n) is 3.85. The molecule has 1 heterocycles. The van der Waals surface area contributed by atoms with Crippen LogP contribution in [0.5, 0.6) is 11.5 Å². The van der Waals surface area contributed by atoms with Crippen LogP contribution in [0.25, 0.3) is 11.4 Å². The topological polar surface area (TPSA) is 113 Å². The minimum Gasteiger partial charge on any atom is -0.494 e. The second kappa shape index (κ2) is 8.96. The van der Waals surface area contributed by atoms with Crippen LogP contribution in [0.2, 0.25) is 0 Å². The van der Waals surface area contributed by atoms with E-state index in [-0.39, 0.29) is 18.8 Å². The molecule has 2 aromatic carbocycles. The zero-order chi connectivity index (χ0) is 19.9. The van der Waals surface area contributed by atoms with Gasteiger partial charge >= 0.3 is 0 Å². The second-order valence-electron chi connectivity index (χ2n) is 5.96. The highest BCUT2D eigenvalue weighted by Crippen LogP contribution is 2.19. The molecule has 9 nitrogen and oxygen atoms in total. The van der Waals surface area contributed by atoms with Crippen molar-refractivity contribution in [2.24, 2.45) is 0 Å². The van der Waals surface area contributed by atoms with E-state index >= 15 is 0 Å². The summed E-state index contributed by atoms with van der Waals surface area (Å²) < 4.78 is 12.4. The number of aromatic nitrogens is 3. The van der Waals surface area contributed by atoms with Gasteiger partial charge in [0.05, 0.1) is 18.1 Å². The number of hydrogen-bond acceptors (Lipinski definition) is 7. The van der Waals surface area contributed by atoms with Crippen LogP contribution in [0, 0.1) is 10.1 Å². The fourth-order valence-corrected chi connectivity index (χ4v) is 2.51. The van der Waals surface area contributed by atoms with E-state index < -0.39 is 11.0 Å². The van der Waals surface area contributed by atoms with E-state index in [4.69, 9.17) is 9.47 Å². The summed E-state index contributed by atoms with van der Waals surface area (Å²) >= 11 is 0. The number of hydrogen-bond donors (Lipinski definition) is 1. The Labute approximate surface area is 161 Å². The van der Waals surface area contributed by atoms with Gasteiger partial charge in [0.25, 0.3) is 5.69 Å². The lowest BCUT2D eigenvalue weighted by atomic mass is 10.2. The summed E-state index contributed by atoms with van der Waals surface area (Å²) in [6.45, 7) is 2.81. The number of aliphatic hydroxyl groups is 1. The van der Waals surface area contributed by atoms with E-state index in [1.54, 1.807) is 36.4 Å². The van der Waals surface area contributed by atoms with E-state index in [1.807, 2.05) is 6.92 Å². The molecule has 9 heteroatoms. The van der Waals surface area contributed by atoms with Crippen LogP contribution in [0.15, 0.2) is 54.9 Å². The van der Waals surface area contributed by atoms with Gasteiger partial charge in [-0.15, -0.1) is 0 Å². The standard InChI is InChI=1S/C19H20N4O5/c1-2-27-17-7-9-18(10-8-17)28-12-16(24)11-22-13-20-19(21-22)14-3-5-15(6-4-14)23(25)26/h3-10,13,16,24H,2,11-12H2,1H3. The normalized spacial score (nSPS) is 11.8. The van der Waals surface area contributed by atoms with Gasteiger partial charge < -0.3 is 14.6 Å². The second-order valence-corrected chi connectivity index (χ2v) is 5.96. The smallest absolute Gasteiger partial charge is 0.269 e. The minimum absolute atomic E-state index is 0.00467. The molecular formula is C19H20N4O5. The number of aliphatic hydroxyl groups excluding tert-OH is 1. The Balaban J connectivity index is 1.53. The molecule has 3 rings (SSSR count). The molecule has 0 amide bonds. The first-order valence-corrected chi connectivity index (χ1v) is 8.73.